The Kier molecular flexibility index (Phi) is 9.90. The maximum atomic E-state index is 13.6. The first-order valence-corrected chi connectivity index (χ1v) is 14.0. The van der Waals surface area contributed by atoms with Gasteiger partial charge in [-0.05, 0) is 60.9 Å². The lowest BCUT2D eigenvalue weighted by atomic mass is 9.89. The normalized spacial score (nSPS) is 17.7. The second-order valence-corrected chi connectivity index (χ2v) is 10.7. The van der Waals surface area contributed by atoms with E-state index in [1.165, 1.54) is 0 Å². The number of nitrogens with one attached hydrogen (secondary N) is 2. The predicted molar refractivity (Wildman–Crippen MR) is 153 cm³/mol. The van der Waals surface area contributed by atoms with Crippen molar-refractivity contribution in [1.82, 2.24) is 10.6 Å². The zero-order chi connectivity index (χ0) is 27.8. The summed E-state index contributed by atoms with van der Waals surface area (Å²) < 4.78 is 0. The van der Waals surface area contributed by atoms with Crippen molar-refractivity contribution in [2.45, 2.75) is 70.6 Å². The van der Waals surface area contributed by atoms with E-state index in [-0.39, 0.29) is 24.7 Å². The summed E-state index contributed by atoms with van der Waals surface area (Å²) >= 11 is 0. The standard InChI is InChI=1S/C33H40N2O4/c1-3-4-16-34-33(39)29-17-22(2)14-15-25(29)19-27(36)20-26(18-23-10-6-5-7-11-23)32(38)35-31-28-13-9-8-12-24(28)21-30(31)37/h5-15,17,26-27,30-31,36-37H,3-4,16,18-21H2,1-2H3,(H,34,39)(H,35,38)/t26-,27-,30-,31+/m1/s1. The van der Waals surface area contributed by atoms with Crippen molar-refractivity contribution < 1.29 is 19.8 Å². The van der Waals surface area contributed by atoms with Crippen molar-refractivity contribution >= 4 is 11.8 Å². The molecule has 0 spiro atoms. The van der Waals surface area contributed by atoms with E-state index in [2.05, 4.69) is 17.6 Å². The van der Waals surface area contributed by atoms with Crippen LogP contribution in [0.2, 0.25) is 0 Å². The molecule has 4 N–H and O–H groups in total. The summed E-state index contributed by atoms with van der Waals surface area (Å²) in [5.41, 5.74) is 5.30. The van der Waals surface area contributed by atoms with Gasteiger partial charge >= 0.3 is 0 Å². The summed E-state index contributed by atoms with van der Waals surface area (Å²) in [5.74, 6) is -0.837. The van der Waals surface area contributed by atoms with E-state index in [1.54, 1.807) is 0 Å². The van der Waals surface area contributed by atoms with Crippen LogP contribution in [0.15, 0.2) is 72.8 Å². The van der Waals surface area contributed by atoms with Gasteiger partial charge in [-0.2, -0.15) is 0 Å². The predicted octanol–water partition coefficient (Wildman–Crippen LogP) is 4.45. The maximum absolute atomic E-state index is 13.6. The van der Waals surface area contributed by atoms with Crippen molar-refractivity contribution in [3.05, 3.63) is 106 Å². The number of aryl methyl sites for hydroxylation is 1. The molecule has 4 rings (SSSR count). The molecule has 39 heavy (non-hydrogen) atoms. The van der Waals surface area contributed by atoms with Gasteiger partial charge in [0.15, 0.2) is 0 Å². The van der Waals surface area contributed by atoms with Crippen molar-refractivity contribution in [3.63, 3.8) is 0 Å². The van der Waals surface area contributed by atoms with Crippen LogP contribution in [0.4, 0.5) is 0 Å². The van der Waals surface area contributed by atoms with Gasteiger partial charge in [-0.25, -0.2) is 0 Å². The molecule has 0 bridgehead atoms. The maximum Gasteiger partial charge on any atom is 0.251 e. The van der Waals surface area contributed by atoms with Crippen LogP contribution in [0.3, 0.4) is 0 Å². The van der Waals surface area contributed by atoms with Gasteiger partial charge < -0.3 is 20.8 Å². The van der Waals surface area contributed by atoms with Crippen LogP contribution in [0.25, 0.3) is 0 Å². The molecule has 0 radical (unpaired) electrons. The molecule has 0 unspecified atom stereocenters. The average molecular weight is 529 g/mol. The Morgan fingerprint density at radius 3 is 2.51 bits per heavy atom. The molecule has 0 aromatic heterocycles. The van der Waals surface area contributed by atoms with E-state index < -0.39 is 24.2 Å². The molecular formula is C33H40N2O4. The molecule has 0 aliphatic heterocycles. The molecular weight excluding hydrogens is 488 g/mol. The van der Waals surface area contributed by atoms with Crippen molar-refractivity contribution in [2.24, 2.45) is 5.92 Å². The molecule has 0 saturated heterocycles. The fraction of sp³-hybridized carbons (Fsp3) is 0.394. The monoisotopic (exact) mass is 528 g/mol. The molecule has 2 amide bonds. The van der Waals surface area contributed by atoms with E-state index in [0.29, 0.717) is 24.9 Å². The number of benzene rings is 3. The van der Waals surface area contributed by atoms with Gasteiger partial charge in [0, 0.05) is 24.4 Å². The van der Waals surface area contributed by atoms with Crippen molar-refractivity contribution in [3.8, 4) is 0 Å². The Morgan fingerprint density at radius 1 is 1.00 bits per heavy atom. The number of fused-ring (bicyclic) bond motifs is 1. The molecule has 0 saturated carbocycles. The third kappa shape index (κ3) is 7.55. The molecule has 3 aromatic carbocycles. The SMILES string of the molecule is CCCCNC(=O)c1cc(C)ccc1C[C@@H](O)C[C@@H](Cc1ccccc1)C(=O)N[C@H]1c2ccccc2C[C@H]1O. The van der Waals surface area contributed by atoms with E-state index in [0.717, 1.165) is 40.7 Å². The van der Waals surface area contributed by atoms with Gasteiger partial charge in [0.25, 0.3) is 5.91 Å². The molecule has 206 valence electrons. The van der Waals surface area contributed by atoms with Gasteiger partial charge in [0.05, 0.1) is 18.2 Å². The van der Waals surface area contributed by atoms with Crippen LogP contribution in [0.1, 0.15) is 70.4 Å². The number of aliphatic hydroxyl groups is 2. The average Bonchev–Trinajstić information content (AvgIpc) is 3.24. The van der Waals surface area contributed by atoms with Gasteiger partial charge in [-0.1, -0.05) is 85.6 Å². The van der Waals surface area contributed by atoms with Crippen molar-refractivity contribution in [1.29, 1.82) is 0 Å². The van der Waals surface area contributed by atoms with Crippen LogP contribution < -0.4 is 10.6 Å². The number of amides is 2. The highest BCUT2D eigenvalue weighted by Gasteiger charge is 2.34. The van der Waals surface area contributed by atoms with Gasteiger partial charge in [-0.3, -0.25) is 9.59 Å². The van der Waals surface area contributed by atoms with E-state index >= 15 is 0 Å². The zero-order valence-corrected chi connectivity index (χ0v) is 22.9. The first-order valence-electron chi connectivity index (χ1n) is 14.0. The second-order valence-electron chi connectivity index (χ2n) is 10.7. The van der Waals surface area contributed by atoms with E-state index in [4.69, 9.17) is 0 Å². The van der Waals surface area contributed by atoms with E-state index in [9.17, 15) is 19.8 Å². The number of rotatable bonds is 12. The van der Waals surface area contributed by atoms with Gasteiger partial charge in [0.2, 0.25) is 5.91 Å². The molecule has 6 nitrogen and oxygen atoms in total. The lowest BCUT2D eigenvalue weighted by Crippen LogP contribution is -2.40. The Bertz CT molecular complexity index is 1260. The highest BCUT2D eigenvalue weighted by Crippen LogP contribution is 2.32. The number of unbranched alkanes of at least 4 members (excludes halogenated alkanes) is 1. The minimum Gasteiger partial charge on any atom is -0.393 e. The number of carbonyl (C=O) groups is 2. The first kappa shape index (κ1) is 28.5. The van der Waals surface area contributed by atoms with Crippen LogP contribution >= 0.6 is 0 Å². The quantitative estimate of drug-likeness (QED) is 0.261. The summed E-state index contributed by atoms with van der Waals surface area (Å²) in [5, 5.41) is 27.9. The Balaban J connectivity index is 1.50. The molecule has 3 aromatic rings. The third-order valence-corrected chi connectivity index (χ3v) is 7.54. The summed E-state index contributed by atoms with van der Waals surface area (Å²) in [6.07, 6.45) is 1.86. The van der Waals surface area contributed by atoms with E-state index in [1.807, 2.05) is 79.7 Å². The molecule has 0 fully saturated rings. The fourth-order valence-electron chi connectivity index (χ4n) is 5.42. The summed E-state index contributed by atoms with van der Waals surface area (Å²) in [6.45, 7) is 4.63. The summed E-state index contributed by atoms with van der Waals surface area (Å²) in [7, 11) is 0. The number of hydrogen-bond donors (Lipinski definition) is 4. The molecule has 4 atom stereocenters. The number of hydrogen-bond acceptors (Lipinski definition) is 4. The molecule has 1 aliphatic carbocycles. The van der Waals surface area contributed by atoms with Crippen LogP contribution in [-0.2, 0) is 24.1 Å². The molecule has 0 heterocycles. The largest absolute Gasteiger partial charge is 0.393 e. The van der Waals surface area contributed by atoms with Crippen molar-refractivity contribution in [2.75, 3.05) is 6.54 Å². The fourth-order valence-corrected chi connectivity index (χ4v) is 5.42. The minimum absolute atomic E-state index is 0.137. The summed E-state index contributed by atoms with van der Waals surface area (Å²) in [4.78, 5) is 26.5. The number of aliphatic hydroxyl groups excluding tert-OH is 2. The molecule has 1 aliphatic rings. The third-order valence-electron chi connectivity index (χ3n) is 7.54. The Morgan fingerprint density at radius 2 is 1.74 bits per heavy atom. The van der Waals surface area contributed by atoms with Crippen LogP contribution in [-0.4, -0.2) is 40.8 Å². The van der Waals surface area contributed by atoms with Gasteiger partial charge in [0.1, 0.15) is 0 Å². The lowest BCUT2D eigenvalue weighted by Gasteiger charge is -2.25. The second kappa shape index (κ2) is 13.5. The first-order chi connectivity index (χ1) is 18.9. The molecule has 6 heteroatoms. The zero-order valence-electron chi connectivity index (χ0n) is 22.9. The Hall–Kier alpha value is -3.48. The summed E-state index contributed by atoms with van der Waals surface area (Å²) in [6, 6.07) is 22.8. The number of carbonyl (C=O) groups excluding carboxylic acids is 2. The van der Waals surface area contributed by atoms with Crippen LogP contribution in [0.5, 0.6) is 0 Å². The smallest absolute Gasteiger partial charge is 0.251 e. The Labute approximate surface area is 231 Å². The highest BCUT2D eigenvalue weighted by molar-refractivity contribution is 5.95. The van der Waals surface area contributed by atoms with Gasteiger partial charge in [-0.15, -0.1) is 0 Å². The highest BCUT2D eigenvalue weighted by atomic mass is 16.3. The lowest BCUT2D eigenvalue weighted by molar-refractivity contribution is -0.127. The van der Waals surface area contributed by atoms with Crippen LogP contribution in [0, 0.1) is 12.8 Å². The topological polar surface area (TPSA) is 98.7 Å². The minimum atomic E-state index is -0.824.